The van der Waals surface area contributed by atoms with Crippen LogP contribution in [-0.4, -0.2) is 34.3 Å². The van der Waals surface area contributed by atoms with Crippen molar-refractivity contribution >= 4 is 11.8 Å². The first kappa shape index (κ1) is 20.8. The molecule has 0 aliphatic heterocycles. The molecule has 2 atom stereocenters. The molecule has 6 N–H and O–H groups in total. The number of hydroxylamine groups is 1. The van der Waals surface area contributed by atoms with E-state index >= 15 is 0 Å². The number of amides is 2. The normalized spacial score (nSPS) is 14.7. The zero-order chi connectivity index (χ0) is 20.5. The van der Waals surface area contributed by atoms with Crippen LogP contribution in [0.1, 0.15) is 35.7 Å². The molecule has 7 nitrogen and oxygen atoms in total. The van der Waals surface area contributed by atoms with Gasteiger partial charge >= 0.3 is 0 Å². The first-order valence-electron chi connectivity index (χ1n) is 8.61. The van der Waals surface area contributed by atoms with Crippen LogP contribution in [0.15, 0.2) is 47.7 Å². The highest BCUT2D eigenvalue weighted by Gasteiger charge is 2.25. The highest BCUT2D eigenvalue weighted by Crippen LogP contribution is 2.13. The third kappa shape index (κ3) is 6.03. The molecule has 2 amide bonds. The van der Waals surface area contributed by atoms with E-state index in [0.717, 1.165) is 24.1 Å². The molecule has 0 aromatic heterocycles. The maximum absolute atomic E-state index is 12.2. The zero-order valence-electron chi connectivity index (χ0n) is 15.3. The summed E-state index contributed by atoms with van der Waals surface area (Å²) in [6.45, 7) is 1.33. The third-order valence-corrected chi connectivity index (χ3v) is 3.98. The Morgan fingerprint density at radius 3 is 2.36 bits per heavy atom. The Hall–Kier alpha value is -3.52. The average Bonchev–Trinajstić information content (AvgIpc) is 2.70. The van der Waals surface area contributed by atoms with Crippen molar-refractivity contribution in [3.63, 3.8) is 0 Å². The van der Waals surface area contributed by atoms with Crippen LogP contribution in [0.2, 0.25) is 0 Å². The molecule has 0 heterocycles. The summed E-state index contributed by atoms with van der Waals surface area (Å²) in [5.74, 6) is 9.94. The lowest BCUT2D eigenvalue weighted by Crippen LogP contribution is -2.51. The standard InChI is InChI=1S/C21H21N3O4/c1-14(25)19(21(27)24-28)23-20(26)17-10-6-15(7-11-17)4-2-3-5-16-8-12-18(22)13-9-16/h6-8,10-12,14,19,25,28H,9,13,22H2,1H3,(H,23,26)(H,24,27)/t14-,19?/m1/s1. The van der Waals surface area contributed by atoms with Crippen molar-refractivity contribution in [2.45, 2.75) is 31.9 Å². The number of rotatable bonds is 4. The van der Waals surface area contributed by atoms with Gasteiger partial charge in [-0.05, 0) is 68.0 Å². The molecule has 1 aromatic rings. The maximum atomic E-state index is 12.2. The lowest BCUT2D eigenvalue weighted by molar-refractivity contribution is -0.133. The summed E-state index contributed by atoms with van der Waals surface area (Å²) in [4.78, 5) is 23.7. The molecule has 7 heteroatoms. The van der Waals surface area contributed by atoms with Crippen molar-refractivity contribution < 1.29 is 19.9 Å². The van der Waals surface area contributed by atoms with E-state index in [-0.39, 0.29) is 5.56 Å². The Morgan fingerprint density at radius 1 is 1.11 bits per heavy atom. The third-order valence-electron chi connectivity index (χ3n) is 3.98. The zero-order valence-corrected chi connectivity index (χ0v) is 15.3. The van der Waals surface area contributed by atoms with Gasteiger partial charge in [-0.2, -0.15) is 0 Å². The molecular weight excluding hydrogens is 358 g/mol. The summed E-state index contributed by atoms with van der Waals surface area (Å²) in [6, 6.07) is 5.11. The minimum absolute atomic E-state index is 0.282. The molecule has 1 aliphatic rings. The molecule has 0 radical (unpaired) electrons. The summed E-state index contributed by atoms with van der Waals surface area (Å²) < 4.78 is 0. The fraction of sp³-hybridized carbons (Fsp3) is 0.238. The molecule has 0 spiro atoms. The van der Waals surface area contributed by atoms with Crippen LogP contribution in [-0.2, 0) is 4.79 Å². The van der Waals surface area contributed by atoms with Crippen LogP contribution in [0.4, 0.5) is 0 Å². The van der Waals surface area contributed by atoms with E-state index in [1.165, 1.54) is 12.4 Å². The molecule has 28 heavy (non-hydrogen) atoms. The maximum Gasteiger partial charge on any atom is 0.268 e. The van der Waals surface area contributed by atoms with E-state index in [9.17, 15) is 14.7 Å². The van der Waals surface area contributed by atoms with E-state index in [0.29, 0.717) is 5.56 Å². The summed E-state index contributed by atoms with van der Waals surface area (Å²) in [7, 11) is 0. The number of carbonyl (C=O) groups excluding carboxylic acids is 2. The smallest absolute Gasteiger partial charge is 0.268 e. The number of nitrogens with two attached hydrogens (primary N) is 1. The Balaban J connectivity index is 2.00. The minimum Gasteiger partial charge on any atom is -0.402 e. The van der Waals surface area contributed by atoms with Crippen LogP contribution >= 0.6 is 0 Å². The first-order valence-corrected chi connectivity index (χ1v) is 8.61. The van der Waals surface area contributed by atoms with E-state index in [4.69, 9.17) is 10.9 Å². The summed E-state index contributed by atoms with van der Waals surface area (Å²) >= 11 is 0. The predicted molar refractivity (Wildman–Crippen MR) is 104 cm³/mol. The Morgan fingerprint density at radius 2 is 1.79 bits per heavy atom. The molecule has 1 aliphatic carbocycles. The van der Waals surface area contributed by atoms with Gasteiger partial charge in [0, 0.05) is 22.4 Å². The van der Waals surface area contributed by atoms with Gasteiger partial charge in [-0.25, -0.2) is 5.48 Å². The summed E-state index contributed by atoms with van der Waals surface area (Å²) in [5, 5.41) is 20.6. The topological polar surface area (TPSA) is 125 Å². The highest BCUT2D eigenvalue weighted by molar-refractivity contribution is 5.97. The number of aliphatic hydroxyl groups excluding tert-OH is 1. The van der Waals surface area contributed by atoms with Crippen molar-refractivity contribution in [2.24, 2.45) is 5.73 Å². The van der Waals surface area contributed by atoms with Crippen LogP contribution in [0.3, 0.4) is 0 Å². The van der Waals surface area contributed by atoms with E-state index in [1.54, 1.807) is 24.3 Å². The van der Waals surface area contributed by atoms with Crippen LogP contribution < -0.4 is 16.5 Å². The van der Waals surface area contributed by atoms with Gasteiger partial charge in [0.1, 0.15) is 6.04 Å². The second-order valence-electron chi connectivity index (χ2n) is 6.18. The minimum atomic E-state index is -1.27. The van der Waals surface area contributed by atoms with Crippen molar-refractivity contribution in [2.75, 3.05) is 0 Å². The van der Waals surface area contributed by atoms with Gasteiger partial charge < -0.3 is 16.2 Å². The second kappa shape index (κ2) is 9.98. The largest absolute Gasteiger partial charge is 0.402 e. The number of aliphatic hydroxyl groups is 1. The summed E-state index contributed by atoms with van der Waals surface area (Å²) in [6.07, 6.45) is 4.16. The average molecular weight is 379 g/mol. The van der Waals surface area contributed by atoms with Crippen LogP contribution in [0.5, 0.6) is 0 Å². The highest BCUT2D eigenvalue weighted by atomic mass is 16.5. The molecule has 2 rings (SSSR count). The number of hydrogen-bond acceptors (Lipinski definition) is 5. The molecule has 1 aromatic carbocycles. The van der Waals surface area contributed by atoms with Crippen LogP contribution in [0, 0.1) is 23.7 Å². The lowest BCUT2D eigenvalue weighted by Gasteiger charge is -2.19. The molecule has 0 saturated carbocycles. The number of benzene rings is 1. The van der Waals surface area contributed by atoms with E-state index < -0.39 is 24.0 Å². The molecule has 0 fully saturated rings. The SMILES string of the molecule is C[C@@H](O)C(NC(=O)c1ccc(C#CC#CC2=CC=C(N)CC2)cc1)C(=O)NO. The second-order valence-corrected chi connectivity index (χ2v) is 6.18. The quantitative estimate of drug-likeness (QED) is 0.297. The Bertz CT molecular complexity index is 922. The van der Waals surface area contributed by atoms with Gasteiger partial charge in [0.15, 0.2) is 0 Å². The molecule has 144 valence electrons. The van der Waals surface area contributed by atoms with E-state index in [1.807, 2.05) is 12.2 Å². The first-order chi connectivity index (χ1) is 13.4. The Labute approximate surface area is 163 Å². The van der Waals surface area contributed by atoms with Gasteiger partial charge in [-0.3, -0.25) is 14.8 Å². The number of carbonyl (C=O) groups is 2. The monoisotopic (exact) mass is 379 g/mol. The van der Waals surface area contributed by atoms with Gasteiger partial charge in [-0.1, -0.05) is 11.8 Å². The van der Waals surface area contributed by atoms with Crippen molar-refractivity contribution in [1.29, 1.82) is 0 Å². The fourth-order valence-electron chi connectivity index (χ4n) is 2.38. The number of nitrogens with one attached hydrogen (secondary N) is 2. The van der Waals surface area contributed by atoms with E-state index in [2.05, 4.69) is 29.0 Å². The van der Waals surface area contributed by atoms with Crippen molar-refractivity contribution in [1.82, 2.24) is 10.8 Å². The molecular formula is C21H21N3O4. The van der Waals surface area contributed by atoms with Crippen LogP contribution in [0.25, 0.3) is 0 Å². The number of allylic oxidation sites excluding steroid dienone is 4. The summed E-state index contributed by atoms with van der Waals surface area (Å²) in [5.41, 5.74) is 9.88. The van der Waals surface area contributed by atoms with Gasteiger partial charge in [-0.15, -0.1) is 0 Å². The van der Waals surface area contributed by atoms with Crippen molar-refractivity contribution in [3.05, 3.63) is 58.8 Å². The molecule has 0 bridgehead atoms. The lowest BCUT2D eigenvalue weighted by atomic mass is 10.0. The molecule has 0 saturated heterocycles. The van der Waals surface area contributed by atoms with Gasteiger partial charge in [0.25, 0.3) is 11.8 Å². The Kier molecular flexibility index (Phi) is 7.41. The van der Waals surface area contributed by atoms with Gasteiger partial charge in [0.2, 0.25) is 0 Å². The van der Waals surface area contributed by atoms with Crippen molar-refractivity contribution in [3.8, 4) is 23.7 Å². The van der Waals surface area contributed by atoms with Gasteiger partial charge in [0.05, 0.1) is 6.10 Å². The predicted octanol–water partition coefficient (Wildman–Crippen LogP) is 0.589. The number of hydrogen-bond donors (Lipinski definition) is 5. The molecule has 1 unspecified atom stereocenters. The fourth-order valence-corrected chi connectivity index (χ4v) is 2.38.